The van der Waals surface area contributed by atoms with Gasteiger partial charge in [0.1, 0.15) is 10.1 Å². The minimum Gasteiger partial charge on any atom is -0.360 e. The quantitative estimate of drug-likeness (QED) is 0.386. The lowest BCUT2D eigenvalue weighted by Gasteiger charge is -2.13. The maximum atomic E-state index is 12.5. The summed E-state index contributed by atoms with van der Waals surface area (Å²) in [5.41, 5.74) is 0. The number of nitrogens with zero attached hydrogens (tertiary/aromatic N) is 2. The van der Waals surface area contributed by atoms with E-state index < -0.39 is 0 Å². The van der Waals surface area contributed by atoms with Crippen molar-refractivity contribution in [3.63, 3.8) is 0 Å². The second kappa shape index (κ2) is 9.29. The number of carbonyl (C=O) groups is 2. The van der Waals surface area contributed by atoms with Gasteiger partial charge in [-0.05, 0) is 37.3 Å². The number of thioether (sulfide) groups is 1. The highest BCUT2D eigenvalue weighted by Crippen LogP contribution is 2.33. The number of aromatic nitrogens is 1. The Morgan fingerprint density at radius 3 is 2.96 bits per heavy atom. The monoisotopic (exact) mass is 421 g/mol. The van der Waals surface area contributed by atoms with Crippen molar-refractivity contribution in [1.29, 1.82) is 0 Å². The summed E-state index contributed by atoms with van der Waals surface area (Å²) < 4.78 is 5.51. The van der Waals surface area contributed by atoms with E-state index in [2.05, 4.69) is 10.5 Å². The Bertz CT molecular complexity index is 858. The zero-order chi connectivity index (χ0) is 19.2. The lowest BCUT2D eigenvalue weighted by atomic mass is 10.2. The van der Waals surface area contributed by atoms with Gasteiger partial charge in [0.25, 0.3) is 5.91 Å². The van der Waals surface area contributed by atoms with Crippen LogP contribution in [-0.4, -0.2) is 32.7 Å². The van der Waals surface area contributed by atoms with Crippen LogP contribution in [0.4, 0.5) is 5.82 Å². The molecule has 0 radical (unpaired) electrons. The fraction of sp³-hybridized carbons (Fsp3) is 0.333. The van der Waals surface area contributed by atoms with Crippen LogP contribution >= 0.6 is 35.3 Å². The third-order valence-corrected chi connectivity index (χ3v) is 6.07. The van der Waals surface area contributed by atoms with Gasteiger partial charge < -0.3 is 9.84 Å². The third-order valence-electron chi connectivity index (χ3n) is 3.87. The highest BCUT2D eigenvalue weighted by Gasteiger charge is 2.31. The van der Waals surface area contributed by atoms with Crippen LogP contribution in [0.3, 0.4) is 0 Å². The molecule has 2 amide bonds. The molecule has 0 spiro atoms. The third kappa shape index (κ3) is 5.50. The fourth-order valence-electron chi connectivity index (χ4n) is 2.56. The molecule has 142 valence electrons. The van der Waals surface area contributed by atoms with Gasteiger partial charge in [-0.15, -0.1) is 11.3 Å². The number of carbonyl (C=O) groups excluding carboxylic acids is 2. The van der Waals surface area contributed by atoms with Gasteiger partial charge in [0.15, 0.2) is 5.82 Å². The molecular weight excluding hydrogens is 402 g/mol. The van der Waals surface area contributed by atoms with Crippen molar-refractivity contribution >= 4 is 63.3 Å². The van der Waals surface area contributed by atoms with Gasteiger partial charge in [-0.3, -0.25) is 14.5 Å². The SMILES string of the molecule is Cc1cc(NC(=O)CCCCCN2C(=O)/C(=C\c3cccs3)SC2=S)no1. The topological polar surface area (TPSA) is 75.4 Å². The molecule has 0 aromatic carbocycles. The highest BCUT2D eigenvalue weighted by atomic mass is 32.2. The normalized spacial score (nSPS) is 15.7. The summed E-state index contributed by atoms with van der Waals surface area (Å²) in [6.45, 7) is 2.35. The molecule has 1 fully saturated rings. The van der Waals surface area contributed by atoms with Gasteiger partial charge in [-0.2, -0.15) is 0 Å². The summed E-state index contributed by atoms with van der Waals surface area (Å²) in [7, 11) is 0. The second-order valence-electron chi connectivity index (χ2n) is 6.03. The van der Waals surface area contributed by atoms with Crippen molar-refractivity contribution < 1.29 is 14.1 Å². The van der Waals surface area contributed by atoms with Crippen LogP contribution in [0.1, 0.15) is 36.3 Å². The molecule has 0 unspecified atom stereocenters. The molecule has 3 heterocycles. The summed E-state index contributed by atoms with van der Waals surface area (Å²) in [5, 5.41) is 8.41. The maximum absolute atomic E-state index is 12.5. The average Bonchev–Trinajstić information content (AvgIpc) is 3.33. The Kier molecular flexibility index (Phi) is 6.81. The minimum absolute atomic E-state index is 0.0301. The summed E-state index contributed by atoms with van der Waals surface area (Å²) >= 11 is 8.27. The van der Waals surface area contributed by atoms with Crippen LogP contribution in [0, 0.1) is 6.92 Å². The Morgan fingerprint density at radius 1 is 1.41 bits per heavy atom. The number of nitrogens with one attached hydrogen (secondary N) is 1. The number of amides is 2. The van der Waals surface area contributed by atoms with Gasteiger partial charge in [-0.1, -0.05) is 41.6 Å². The van der Waals surface area contributed by atoms with Crippen molar-refractivity contribution in [2.75, 3.05) is 11.9 Å². The van der Waals surface area contributed by atoms with Gasteiger partial charge in [0, 0.05) is 23.9 Å². The summed E-state index contributed by atoms with van der Waals surface area (Å²) in [4.78, 5) is 27.7. The van der Waals surface area contributed by atoms with E-state index in [1.54, 1.807) is 29.2 Å². The van der Waals surface area contributed by atoms with Crippen LogP contribution in [0.5, 0.6) is 0 Å². The molecule has 1 saturated heterocycles. The second-order valence-corrected chi connectivity index (χ2v) is 8.69. The van der Waals surface area contributed by atoms with E-state index in [9.17, 15) is 9.59 Å². The van der Waals surface area contributed by atoms with E-state index in [4.69, 9.17) is 16.7 Å². The van der Waals surface area contributed by atoms with Gasteiger partial charge in [0.2, 0.25) is 5.91 Å². The summed E-state index contributed by atoms with van der Waals surface area (Å²) in [5.74, 6) is 0.972. The van der Waals surface area contributed by atoms with Gasteiger partial charge in [0.05, 0.1) is 4.91 Å². The first-order chi connectivity index (χ1) is 13.0. The van der Waals surface area contributed by atoms with E-state index >= 15 is 0 Å². The Morgan fingerprint density at radius 2 is 2.26 bits per heavy atom. The molecule has 1 aliphatic rings. The van der Waals surface area contributed by atoms with Crippen LogP contribution in [-0.2, 0) is 9.59 Å². The van der Waals surface area contributed by atoms with Crippen molar-refractivity contribution in [2.24, 2.45) is 0 Å². The van der Waals surface area contributed by atoms with E-state index in [-0.39, 0.29) is 11.8 Å². The molecule has 0 saturated carbocycles. The number of anilines is 1. The molecule has 0 atom stereocenters. The number of thiocarbonyl (C=S) groups is 1. The van der Waals surface area contributed by atoms with E-state index in [0.717, 1.165) is 24.1 Å². The van der Waals surface area contributed by atoms with Crippen LogP contribution in [0.15, 0.2) is 33.0 Å². The smallest absolute Gasteiger partial charge is 0.266 e. The highest BCUT2D eigenvalue weighted by molar-refractivity contribution is 8.26. The molecule has 3 rings (SSSR count). The van der Waals surface area contributed by atoms with Crippen LogP contribution in [0.2, 0.25) is 0 Å². The first kappa shape index (κ1) is 19.8. The number of rotatable bonds is 8. The predicted molar refractivity (Wildman–Crippen MR) is 113 cm³/mol. The molecule has 1 N–H and O–H groups in total. The molecule has 0 aliphatic carbocycles. The van der Waals surface area contributed by atoms with Crippen LogP contribution in [0.25, 0.3) is 6.08 Å². The zero-order valence-corrected chi connectivity index (χ0v) is 17.2. The van der Waals surface area contributed by atoms with Crippen molar-refractivity contribution in [1.82, 2.24) is 10.1 Å². The molecule has 2 aromatic heterocycles. The number of thiophene rings is 1. The molecule has 6 nitrogen and oxygen atoms in total. The molecule has 27 heavy (non-hydrogen) atoms. The largest absolute Gasteiger partial charge is 0.360 e. The lowest BCUT2D eigenvalue weighted by molar-refractivity contribution is -0.122. The van der Waals surface area contributed by atoms with Crippen LogP contribution < -0.4 is 5.32 Å². The van der Waals surface area contributed by atoms with Crippen molar-refractivity contribution in [3.05, 3.63) is 39.1 Å². The maximum Gasteiger partial charge on any atom is 0.266 e. The Balaban J connectivity index is 1.38. The predicted octanol–water partition coefficient (Wildman–Crippen LogP) is 4.44. The number of hydrogen-bond acceptors (Lipinski definition) is 7. The Labute approximate surface area is 171 Å². The van der Waals surface area contributed by atoms with E-state index in [1.165, 1.54) is 11.8 Å². The molecule has 1 aliphatic heterocycles. The van der Waals surface area contributed by atoms with Crippen molar-refractivity contribution in [2.45, 2.75) is 32.6 Å². The van der Waals surface area contributed by atoms with Gasteiger partial charge in [-0.25, -0.2) is 0 Å². The summed E-state index contributed by atoms with van der Waals surface area (Å²) in [6.07, 6.45) is 4.67. The number of aryl methyl sites for hydroxylation is 1. The minimum atomic E-state index is -0.0900. The van der Waals surface area contributed by atoms with E-state index in [0.29, 0.717) is 33.8 Å². The zero-order valence-electron chi connectivity index (χ0n) is 14.8. The standard InChI is InChI=1S/C18H19N3O3S3/c1-12-10-15(20-24-12)19-16(22)7-3-2-4-8-21-17(23)14(27-18(21)25)11-13-6-5-9-26-13/h5-6,9-11H,2-4,7-8H2,1H3,(H,19,20,22)/b14-11+. The number of unbranched alkanes of at least 4 members (excludes halogenated alkanes) is 2. The lowest BCUT2D eigenvalue weighted by Crippen LogP contribution is -2.29. The van der Waals surface area contributed by atoms with E-state index in [1.807, 2.05) is 23.6 Å². The number of hydrogen-bond donors (Lipinski definition) is 1. The summed E-state index contributed by atoms with van der Waals surface area (Å²) in [6, 6.07) is 5.61. The first-order valence-corrected chi connectivity index (χ1v) is 10.7. The fourth-order valence-corrected chi connectivity index (χ4v) is 4.59. The van der Waals surface area contributed by atoms with Gasteiger partial charge >= 0.3 is 0 Å². The first-order valence-electron chi connectivity index (χ1n) is 8.55. The van der Waals surface area contributed by atoms with Crippen molar-refractivity contribution in [3.8, 4) is 0 Å². The molecular formula is C18H19N3O3S3. The molecule has 2 aromatic rings. The average molecular weight is 422 g/mol. The molecule has 0 bridgehead atoms. The Hall–Kier alpha value is -1.97. The molecule has 9 heteroatoms.